The van der Waals surface area contributed by atoms with Crippen LogP contribution in [0.3, 0.4) is 0 Å². The van der Waals surface area contributed by atoms with Crippen molar-refractivity contribution in [2.24, 2.45) is 4.99 Å². The fourth-order valence-corrected chi connectivity index (χ4v) is 3.83. The summed E-state index contributed by atoms with van der Waals surface area (Å²) < 4.78 is 11.5. The van der Waals surface area contributed by atoms with E-state index in [4.69, 9.17) is 14.5 Å². The van der Waals surface area contributed by atoms with Gasteiger partial charge in [-0.25, -0.2) is 4.99 Å². The number of guanidine groups is 1. The number of ether oxygens (including phenoxy) is 2. The van der Waals surface area contributed by atoms with E-state index in [9.17, 15) is 0 Å². The van der Waals surface area contributed by atoms with Crippen LogP contribution in [-0.4, -0.2) is 62.4 Å². The fraction of sp³-hybridized carbons (Fsp3) is 0.720. The van der Waals surface area contributed by atoms with Crippen molar-refractivity contribution in [2.75, 3.05) is 39.4 Å². The highest BCUT2D eigenvalue weighted by Gasteiger charge is 2.14. The summed E-state index contributed by atoms with van der Waals surface area (Å²) in [6.07, 6.45) is 4.65. The average molecular weight is 433 g/mol. The first-order valence-electron chi connectivity index (χ1n) is 12.2. The molecule has 176 valence electrons. The van der Waals surface area contributed by atoms with Gasteiger partial charge in [0.1, 0.15) is 0 Å². The van der Waals surface area contributed by atoms with Gasteiger partial charge in [0.05, 0.1) is 19.3 Å². The predicted molar refractivity (Wildman–Crippen MR) is 130 cm³/mol. The highest BCUT2D eigenvalue weighted by Crippen LogP contribution is 2.14. The molecule has 0 bridgehead atoms. The van der Waals surface area contributed by atoms with Crippen molar-refractivity contribution >= 4 is 5.96 Å². The Kier molecular flexibility index (Phi) is 12.6. The zero-order valence-corrected chi connectivity index (χ0v) is 20.2. The molecule has 31 heavy (non-hydrogen) atoms. The van der Waals surface area contributed by atoms with Gasteiger partial charge in [0, 0.05) is 25.8 Å². The molecule has 2 rings (SSSR count). The summed E-state index contributed by atoms with van der Waals surface area (Å²) in [5.74, 6) is 0.890. The molecule has 1 fully saturated rings. The highest BCUT2D eigenvalue weighted by molar-refractivity contribution is 5.80. The maximum Gasteiger partial charge on any atom is 0.191 e. The van der Waals surface area contributed by atoms with E-state index in [0.717, 1.165) is 64.6 Å². The molecule has 1 saturated heterocycles. The second-order valence-corrected chi connectivity index (χ2v) is 8.35. The number of hydrogen-bond donors (Lipinski definition) is 2. The van der Waals surface area contributed by atoms with Gasteiger partial charge in [0.15, 0.2) is 5.96 Å². The van der Waals surface area contributed by atoms with Crippen molar-refractivity contribution in [2.45, 2.75) is 78.7 Å². The average Bonchev–Trinajstić information content (AvgIpc) is 2.80. The minimum Gasteiger partial charge on any atom is -0.381 e. The molecule has 1 heterocycles. The van der Waals surface area contributed by atoms with Gasteiger partial charge in [-0.1, -0.05) is 38.1 Å². The van der Waals surface area contributed by atoms with Crippen LogP contribution in [0.25, 0.3) is 0 Å². The molecule has 1 aliphatic heterocycles. The molecular weight excluding hydrogens is 388 g/mol. The summed E-state index contributed by atoms with van der Waals surface area (Å²) in [7, 11) is 0. The Labute approximate surface area is 189 Å². The fourth-order valence-electron chi connectivity index (χ4n) is 3.83. The monoisotopic (exact) mass is 432 g/mol. The smallest absolute Gasteiger partial charge is 0.191 e. The summed E-state index contributed by atoms with van der Waals surface area (Å²) in [5, 5.41) is 6.94. The van der Waals surface area contributed by atoms with E-state index in [1.807, 2.05) is 0 Å². The molecule has 0 spiro atoms. The van der Waals surface area contributed by atoms with Crippen LogP contribution in [0.5, 0.6) is 0 Å². The maximum absolute atomic E-state index is 6.07. The Hall–Kier alpha value is -1.63. The molecule has 6 nitrogen and oxygen atoms in total. The number of benzene rings is 1. The number of hydrogen-bond acceptors (Lipinski definition) is 4. The first-order chi connectivity index (χ1) is 15.1. The molecule has 1 aromatic rings. The lowest BCUT2D eigenvalue weighted by atomic mass is 10.1. The normalized spacial score (nSPS) is 16.5. The first-order valence-corrected chi connectivity index (χ1v) is 12.2. The van der Waals surface area contributed by atoms with Crippen molar-refractivity contribution in [3.05, 3.63) is 35.4 Å². The summed E-state index contributed by atoms with van der Waals surface area (Å²) >= 11 is 0. The number of nitrogens with zero attached hydrogens (tertiary/aromatic N) is 2. The van der Waals surface area contributed by atoms with E-state index in [2.05, 4.69) is 67.5 Å². The molecule has 1 atom stereocenters. The van der Waals surface area contributed by atoms with Crippen LogP contribution in [0.1, 0.15) is 64.5 Å². The van der Waals surface area contributed by atoms with Crippen LogP contribution in [0, 0.1) is 0 Å². The largest absolute Gasteiger partial charge is 0.381 e. The van der Waals surface area contributed by atoms with Crippen LogP contribution in [0.15, 0.2) is 29.3 Å². The van der Waals surface area contributed by atoms with Gasteiger partial charge in [0.2, 0.25) is 0 Å². The van der Waals surface area contributed by atoms with E-state index in [-0.39, 0.29) is 0 Å². The first kappa shape index (κ1) is 25.6. The summed E-state index contributed by atoms with van der Waals surface area (Å²) in [6, 6.07) is 8.98. The number of rotatable bonds is 13. The molecule has 0 radical (unpaired) electrons. The van der Waals surface area contributed by atoms with Gasteiger partial charge < -0.3 is 25.0 Å². The van der Waals surface area contributed by atoms with Crippen LogP contribution < -0.4 is 10.6 Å². The zero-order chi connectivity index (χ0) is 22.3. The van der Waals surface area contributed by atoms with Gasteiger partial charge in [-0.2, -0.15) is 0 Å². The van der Waals surface area contributed by atoms with E-state index < -0.39 is 0 Å². The topological polar surface area (TPSA) is 58.1 Å². The second kappa shape index (κ2) is 15.2. The van der Waals surface area contributed by atoms with Crippen LogP contribution in [0.2, 0.25) is 0 Å². The van der Waals surface area contributed by atoms with Gasteiger partial charge >= 0.3 is 0 Å². The van der Waals surface area contributed by atoms with Gasteiger partial charge in [0.25, 0.3) is 0 Å². The zero-order valence-electron chi connectivity index (χ0n) is 20.2. The van der Waals surface area contributed by atoms with Crippen molar-refractivity contribution in [3.63, 3.8) is 0 Å². The third-order valence-corrected chi connectivity index (χ3v) is 5.80. The highest BCUT2D eigenvalue weighted by atomic mass is 16.5. The lowest BCUT2D eigenvalue weighted by molar-refractivity contribution is -0.0390. The third kappa shape index (κ3) is 10.5. The number of aliphatic imine (C=N–C) groups is 1. The lowest BCUT2D eigenvalue weighted by Gasteiger charge is -2.22. The van der Waals surface area contributed by atoms with E-state index in [0.29, 0.717) is 25.3 Å². The van der Waals surface area contributed by atoms with Crippen molar-refractivity contribution < 1.29 is 9.47 Å². The molecule has 6 heteroatoms. The Bertz CT molecular complexity index is 628. The molecule has 1 unspecified atom stereocenters. The Morgan fingerprint density at radius 1 is 1.19 bits per heavy atom. The van der Waals surface area contributed by atoms with Crippen LogP contribution in [-0.2, 0) is 22.6 Å². The minimum absolute atomic E-state index is 0.322. The van der Waals surface area contributed by atoms with Crippen LogP contribution in [0.4, 0.5) is 0 Å². The van der Waals surface area contributed by atoms with Crippen molar-refractivity contribution in [1.82, 2.24) is 15.5 Å². The SMILES string of the molecule is CCNC(=NCc1cccc(COC2CCOCC2)c1)NC(C)CCCN(CC)CC. The van der Waals surface area contributed by atoms with E-state index >= 15 is 0 Å². The van der Waals surface area contributed by atoms with Gasteiger partial charge in [-0.3, -0.25) is 0 Å². The summed E-state index contributed by atoms with van der Waals surface area (Å²) in [4.78, 5) is 7.29. The molecular formula is C25H44N4O2. The van der Waals surface area contributed by atoms with E-state index in [1.54, 1.807) is 0 Å². The molecule has 0 aliphatic carbocycles. The Balaban J connectivity index is 1.82. The molecule has 0 aromatic heterocycles. The maximum atomic E-state index is 6.07. The second-order valence-electron chi connectivity index (χ2n) is 8.35. The third-order valence-electron chi connectivity index (χ3n) is 5.80. The standard InChI is InChI=1S/C25H44N4O2/c1-5-26-25(28-21(4)10-9-15-29(6-2)7-3)27-19-22-11-8-12-23(18-22)20-31-24-13-16-30-17-14-24/h8,11-12,18,21,24H,5-7,9-10,13-17,19-20H2,1-4H3,(H2,26,27,28). The van der Waals surface area contributed by atoms with Crippen molar-refractivity contribution in [1.29, 1.82) is 0 Å². The molecule has 1 aromatic carbocycles. The Morgan fingerprint density at radius 2 is 1.94 bits per heavy atom. The van der Waals surface area contributed by atoms with E-state index in [1.165, 1.54) is 17.5 Å². The summed E-state index contributed by atoms with van der Waals surface area (Å²) in [5.41, 5.74) is 2.42. The van der Waals surface area contributed by atoms with Gasteiger partial charge in [-0.05, 0) is 70.3 Å². The van der Waals surface area contributed by atoms with Crippen molar-refractivity contribution in [3.8, 4) is 0 Å². The quantitative estimate of drug-likeness (QED) is 0.365. The van der Waals surface area contributed by atoms with Gasteiger partial charge in [-0.15, -0.1) is 0 Å². The predicted octanol–water partition coefficient (Wildman–Crippen LogP) is 3.95. The molecule has 0 saturated carbocycles. The number of nitrogens with one attached hydrogen (secondary N) is 2. The molecule has 0 amide bonds. The lowest BCUT2D eigenvalue weighted by Crippen LogP contribution is -2.42. The minimum atomic E-state index is 0.322. The Morgan fingerprint density at radius 3 is 2.65 bits per heavy atom. The summed E-state index contributed by atoms with van der Waals surface area (Å²) in [6.45, 7) is 16.0. The molecule has 1 aliphatic rings. The van der Waals surface area contributed by atoms with Crippen LogP contribution >= 0.6 is 0 Å². The molecule has 2 N–H and O–H groups in total.